The van der Waals surface area contributed by atoms with Crippen molar-refractivity contribution in [3.8, 4) is 5.88 Å². The van der Waals surface area contributed by atoms with Gasteiger partial charge in [0.1, 0.15) is 5.60 Å². The molecule has 0 saturated carbocycles. The van der Waals surface area contributed by atoms with Crippen LogP contribution in [0.4, 0.5) is 4.39 Å². The van der Waals surface area contributed by atoms with Crippen LogP contribution in [0.5, 0.6) is 5.88 Å². The van der Waals surface area contributed by atoms with Crippen molar-refractivity contribution in [3.63, 3.8) is 0 Å². The molecule has 0 unspecified atom stereocenters. The van der Waals surface area contributed by atoms with Crippen LogP contribution in [0.3, 0.4) is 0 Å². The number of nitrogens with one attached hydrogen (secondary N) is 1. The molecule has 0 aliphatic carbocycles. The number of carbonyl (C=O) groups excluding carboxylic acids is 1. The third-order valence-electron chi connectivity index (χ3n) is 2.99. The van der Waals surface area contributed by atoms with E-state index in [2.05, 4.69) is 4.98 Å². The number of ether oxygens (including phenoxy) is 1. The standard InChI is InChI=1S/C15H15FN2O3/c1-15(2,11-6-4-3-5-7-11)21-14-12(16)8-10(9-17-14)13(19)18-20/h3-9,20H,1-2H3,(H,18,19). The van der Waals surface area contributed by atoms with Crippen molar-refractivity contribution >= 4 is 5.91 Å². The molecule has 0 radical (unpaired) electrons. The SMILES string of the molecule is CC(C)(Oc1ncc(C(=O)NO)cc1F)c1ccccc1. The zero-order valence-electron chi connectivity index (χ0n) is 11.6. The first-order chi connectivity index (χ1) is 9.94. The first-order valence-electron chi connectivity index (χ1n) is 6.28. The van der Waals surface area contributed by atoms with Gasteiger partial charge in [-0.2, -0.15) is 0 Å². The Morgan fingerprint density at radius 1 is 1.33 bits per heavy atom. The Hall–Kier alpha value is -2.47. The summed E-state index contributed by atoms with van der Waals surface area (Å²) in [5.41, 5.74) is 1.40. The van der Waals surface area contributed by atoms with Gasteiger partial charge in [-0.25, -0.2) is 14.9 Å². The lowest BCUT2D eigenvalue weighted by Crippen LogP contribution is -2.26. The Kier molecular flexibility index (Phi) is 4.18. The number of amides is 1. The van der Waals surface area contributed by atoms with Crippen LogP contribution in [-0.4, -0.2) is 16.1 Å². The predicted octanol–water partition coefficient (Wildman–Crippen LogP) is 2.65. The molecule has 0 fully saturated rings. The van der Waals surface area contributed by atoms with E-state index in [1.165, 1.54) is 5.48 Å². The molecule has 110 valence electrons. The van der Waals surface area contributed by atoms with Gasteiger partial charge >= 0.3 is 0 Å². The minimum atomic E-state index is -0.838. The molecule has 2 N–H and O–H groups in total. The first kappa shape index (κ1) is 14.9. The molecule has 6 heteroatoms. The molecule has 1 aromatic heterocycles. The largest absolute Gasteiger partial charge is 0.465 e. The fourth-order valence-electron chi connectivity index (χ4n) is 1.83. The van der Waals surface area contributed by atoms with Crippen LogP contribution in [0.2, 0.25) is 0 Å². The Balaban J connectivity index is 2.26. The second-order valence-corrected chi connectivity index (χ2v) is 4.93. The summed E-state index contributed by atoms with van der Waals surface area (Å²) in [5.74, 6) is -1.83. The summed E-state index contributed by atoms with van der Waals surface area (Å²) in [4.78, 5) is 15.0. The van der Waals surface area contributed by atoms with E-state index < -0.39 is 17.3 Å². The molecule has 2 aromatic rings. The maximum Gasteiger partial charge on any atom is 0.276 e. The monoisotopic (exact) mass is 290 g/mol. The highest BCUT2D eigenvalue weighted by molar-refractivity contribution is 5.93. The fraction of sp³-hybridized carbons (Fsp3) is 0.200. The summed E-state index contributed by atoms with van der Waals surface area (Å²) in [6.07, 6.45) is 1.13. The quantitative estimate of drug-likeness (QED) is 0.671. The van der Waals surface area contributed by atoms with Gasteiger partial charge in [0.05, 0.1) is 5.56 Å². The Morgan fingerprint density at radius 3 is 2.57 bits per heavy atom. The van der Waals surface area contributed by atoms with Crippen LogP contribution in [0.1, 0.15) is 29.8 Å². The maximum absolute atomic E-state index is 13.9. The van der Waals surface area contributed by atoms with Gasteiger partial charge in [0.15, 0.2) is 5.82 Å². The zero-order valence-corrected chi connectivity index (χ0v) is 11.6. The van der Waals surface area contributed by atoms with E-state index in [0.29, 0.717) is 0 Å². The topological polar surface area (TPSA) is 71.5 Å². The van der Waals surface area contributed by atoms with Gasteiger partial charge in [-0.15, -0.1) is 0 Å². The summed E-state index contributed by atoms with van der Waals surface area (Å²) >= 11 is 0. The molecular formula is C15H15FN2O3. The van der Waals surface area contributed by atoms with E-state index in [-0.39, 0.29) is 11.4 Å². The number of nitrogens with zero attached hydrogens (tertiary/aromatic N) is 1. The van der Waals surface area contributed by atoms with Crippen molar-refractivity contribution in [2.24, 2.45) is 0 Å². The summed E-state index contributed by atoms with van der Waals surface area (Å²) in [5, 5.41) is 8.50. The average Bonchev–Trinajstić information content (AvgIpc) is 2.49. The molecule has 0 saturated heterocycles. The number of hydrogen-bond acceptors (Lipinski definition) is 4. The smallest absolute Gasteiger partial charge is 0.276 e. The van der Waals surface area contributed by atoms with Gasteiger partial charge in [0.2, 0.25) is 0 Å². The van der Waals surface area contributed by atoms with E-state index in [0.717, 1.165) is 17.8 Å². The molecule has 5 nitrogen and oxygen atoms in total. The average molecular weight is 290 g/mol. The fourth-order valence-corrected chi connectivity index (χ4v) is 1.83. The van der Waals surface area contributed by atoms with Gasteiger partial charge in [0, 0.05) is 6.20 Å². The Morgan fingerprint density at radius 2 is 2.00 bits per heavy atom. The van der Waals surface area contributed by atoms with E-state index in [1.807, 2.05) is 30.3 Å². The van der Waals surface area contributed by atoms with E-state index in [4.69, 9.17) is 9.94 Å². The van der Waals surface area contributed by atoms with Gasteiger partial charge in [-0.3, -0.25) is 10.0 Å². The second-order valence-electron chi connectivity index (χ2n) is 4.93. The lowest BCUT2D eigenvalue weighted by Gasteiger charge is -2.26. The number of aromatic nitrogens is 1. The number of hydroxylamine groups is 1. The summed E-state index contributed by atoms with van der Waals surface area (Å²) in [6, 6.07) is 10.3. The number of carbonyl (C=O) groups is 1. The van der Waals surface area contributed by atoms with Crippen LogP contribution in [-0.2, 0) is 5.60 Å². The van der Waals surface area contributed by atoms with Crippen molar-refractivity contribution in [2.75, 3.05) is 0 Å². The normalized spacial score (nSPS) is 11.0. The summed E-state index contributed by atoms with van der Waals surface area (Å²) < 4.78 is 19.6. The molecule has 0 aliphatic rings. The molecule has 1 aromatic carbocycles. The number of rotatable bonds is 4. The highest BCUT2D eigenvalue weighted by Gasteiger charge is 2.25. The zero-order chi connectivity index (χ0) is 15.5. The molecule has 0 aliphatic heterocycles. The van der Waals surface area contributed by atoms with Crippen LogP contribution in [0, 0.1) is 5.82 Å². The van der Waals surface area contributed by atoms with Gasteiger partial charge in [-0.1, -0.05) is 30.3 Å². The molecule has 21 heavy (non-hydrogen) atoms. The molecule has 1 amide bonds. The second kappa shape index (κ2) is 5.88. The highest BCUT2D eigenvalue weighted by atomic mass is 19.1. The minimum absolute atomic E-state index is 0.0973. The molecule has 0 bridgehead atoms. The summed E-state index contributed by atoms with van der Waals surface area (Å²) in [6.45, 7) is 3.58. The number of hydrogen-bond donors (Lipinski definition) is 2. The van der Waals surface area contributed by atoms with E-state index in [1.54, 1.807) is 13.8 Å². The molecular weight excluding hydrogens is 275 g/mol. The van der Waals surface area contributed by atoms with Crippen molar-refractivity contribution in [2.45, 2.75) is 19.4 Å². The van der Waals surface area contributed by atoms with E-state index in [9.17, 15) is 9.18 Å². The molecule has 0 atom stereocenters. The van der Waals surface area contributed by atoms with E-state index >= 15 is 0 Å². The third kappa shape index (κ3) is 3.35. The van der Waals surface area contributed by atoms with Gasteiger partial charge < -0.3 is 4.74 Å². The van der Waals surface area contributed by atoms with Crippen LogP contribution >= 0.6 is 0 Å². The lowest BCUT2D eigenvalue weighted by molar-refractivity contribution is 0.0704. The summed E-state index contributed by atoms with van der Waals surface area (Å²) in [7, 11) is 0. The maximum atomic E-state index is 13.9. The van der Waals surface area contributed by atoms with Crippen LogP contribution < -0.4 is 10.2 Å². The van der Waals surface area contributed by atoms with Crippen molar-refractivity contribution in [3.05, 3.63) is 59.5 Å². The Bertz CT molecular complexity index is 645. The lowest BCUT2D eigenvalue weighted by atomic mass is 9.98. The predicted molar refractivity (Wildman–Crippen MR) is 73.5 cm³/mol. The van der Waals surface area contributed by atoms with Gasteiger partial charge in [0.25, 0.3) is 11.8 Å². The van der Waals surface area contributed by atoms with Crippen LogP contribution in [0.25, 0.3) is 0 Å². The third-order valence-corrected chi connectivity index (χ3v) is 2.99. The molecule has 1 heterocycles. The Labute approximate surface area is 121 Å². The highest BCUT2D eigenvalue weighted by Crippen LogP contribution is 2.28. The van der Waals surface area contributed by atoms with Crippen molar-refractivity contribution in [1.82, 2.24) is 10.5 Å². The number of benzene rings is 1. The first-order valence-corrected chi connectivity index (χ1v) is 6.28. The van der Waals surface area contributed by atoms with Gasteiger partial charge in [-0.05, 0) is 25.5 Å². The van der Waals surface area contributed by atoms with Crippen molar-refractivity contribution < 1.29 is 19.1 Å². The minimum Gasteiger partial charge on any atom is -0.465 e. The number of halogens is 1. The van der Waals surface area contributed by atoms with Crippen LogP contribution in [0.15, 0.2) is 42.6 Å². The molecule has 0 spiro atoms. The molecule has 2 rings (SSSR count). The number of pyridine rings is 1. The van der Waals surface area contributed by atoms with Crippen molar-refractivity contribution in [1.29, 1.82) is 0 Å².